The van der Waals surface area contributed by atoms with Crippen LogP contribution in [0.5, 0.6) is 0 Å². The topological polar surface area (TPSA) is 61.4 Å². The van der Waals surface area contributed by atoms with Gasteiger partial charge in [0.25, 0.3) is 5.91 Å². The predicted molar refractivity (Wildman–Crippen MR) is 107 cm³/mol. The quantitative estimate of drug-likeness (QED) is 0.725. The number of nitrogens with zero attached hydrogens (tertiary/aromatic N) is 1. The maximum Gasteiger partial charge on any atom is 0.253 e. The minimum atomic E-state index is -0.804. The minimum absolute atomic E-state index is 0.169. The van der Waals surface area contributed by atoms with Crippen molar-refractivity contribution in [2.24, 2.45) is 0 Å². The highest BCUT2D eigenvalue weighted by atomic mass is 35.5. The summed E-state index contributed by atoms with van der Waals surface area (Å²) in [6, 6.07) is 14.4. The molecule has 2 amide bonds. The van der Waals surface area contributed by atoms with Crippen molar-refractivity contribution < 1.29 is 9.59 Å². The normalized spacial score (nSPS) is 11.5. The van der Waals surface area contributed by atoms with E-state index in [2.05, 4.69) is 10.6 Å². The molecule has 5 nitrogen and oxygen atoms in total. The molecule has 0 saturated heterocycles. The van der Waals surface area contributed by atoms with Gasteiger partial charge in [-0.05, 0) is 30.2 Å². The van der Waals surface area contributed by atoms with Crippen LogP contribution in [0.15, 0.2) is 48.5 Å². The van der Waals surface area contributed by atoms with E-state index in [4.69, 9.17) is 11.6 Å². The minimum Gasteiger partial charge on any atom is -0.377 e. The van der Waals surface area contributed by atoms with E-state index in [1.54, 1.807) is 24.3 Å². The summed E-state index contributed by atoms with van der Waals surface area (Å²) >= 11 is 6.26. The van der Waals surface area contributed by atoms with Crippen LogP contribution < -0.4 is 15.5 Å². The van der Waals surface area contributed by atoms with E-state index in [0.29, 0.717) is 17.8 Å². The van der Waals surface area contributed by atoms with Gasteiger partial charge in [0.2, 0.25) is 5.91 Å². The molecule has 26 heavy (non-hydrogen) atoms. The van der Waals surface area contributed by atoms with Gasteiger partial charge in [-0.25, -0.2) is 0 Å². The van der Waals surface area contributed by atoms with Crippen LogP contribution in [0, 0.1) is 0 Å². The smallest absolute Gasteiger partial charge is 0.253 e. The van der Waals surface area contributed by atoms with Crippen LogP contribution >= 0.6 is 11.6 Å². The molecule has 1 unspecified atom stereocenters. The van der Waals surface area contributed by atoms with Crippen molar-refractivity contribution >= 4 is 34.8 Å². The molecule has 0 bridgehead atoms. The number of hydrogen-bond donors (Lipinski definition) is 2. The second-order valence-electron chi connectivity index (χ2n) is 6.14. The van der Waals surface area contributed by atoms with E-state index in [0.717, 1.165) is 17.7 Å². The SMILES string of the molecule is CCCNC(=O)c1cc(NC(=O)C(Cl)c2ccccc2)ccc1N(C)C. The van der Waals surface area contributed by atoms with Crippen molar-refractivity contribution in [1.29, 1.82) is 0 Å². The number of benzene rings is 2. The van der Waals surface area contributed by atoms with Crippen molar-refractivity contribution in [3.63, 3.8) is 0 Å². The highest BCUT2D eigenvalue weighted by molar-refractivity contribution is 6.32. The maximum absolute atomic E-state index is 12.4. The number of hydrogen-bond acceptors (Lipinski definition) is 3. The molecule has 0 fully saturated rings. The summed E-state index contributed by atoms with van der Waals surface area (Å²) in [4.78, 5) is 26.7. The summed E-state index contributed by atoms with van der Waals surface area (Å²) in [6.07, 6.45) is 0.852. The van der Waals surface area contributed by atoms with E-state index in [1.807, 2.05) is 50.2 Å². The number of rotatable bonds is 7. The van der Waals surface area contributed by atoms with Crippen molar-refractivity contribution in [2.75, 3.05) is 30.9 Å². The molecular weight excluding hydrogens is 350 g/mol. The molecule has 0 saturated carbocycles. The number of nitrogens with one attached hydrogen (secondary N) is 2. The average molecular weight is 374 g/mol. The largest absolute Gasteiger partial charge is 0.377 e. The number of alkyl halides is 1. The second kappa shape index (κ2) is 9.25. The van der Waals surface area contributed by atoms with Gasteiger partial charge in [0.1, 0.15) is 5.38 Å². The Bertz CT molecular complexity index is 763. The van der Waals surface area contributed by atoms with Gasteiger partial charge in [0.05, 0.1) is 5.56 Å². The monoisotopic (exact) mass is 373 g/mol. The molecule has 0 aliphatic heterocycles. The van der Waals surface area contributed by atoms with Crippen LogP contribution in [-0.2, 0) is 4.79 Å². The van der Waals surface area contributed by atoms with Gasteiger partial charge in [-0.3, -0.25) is 9.59 Å². The molecule has 6 heteroatoms. The summed E-state index contributed by atoms with van der Waals surface area (Å²) in [5, 5.41) is 4.85. The van der Waals surface area contributed by atoms with Crippen LogP contribution in [0.1, 0.15) is 34.6 Å². The zero-order chi connectivity index (χ0) is 19.1. The van der Waals surface area contributed by atoms with E-state index < -0.39 is 5.38 Å². The Kier molecular flexibility index (Phi) is 7.04. The molecule has 2 N–H and O–H groups in total. The first-order valence-electron chi connectivity index (χ1n) is 8.53. The first-order valence-corrected chi connectivity index (χ1v) is 8.97. The summed E-state index contributed by atoms with van der Waals surface area (Å²) in [5.41, 5.74) is 2.54. The van der Waals surface area contributed by atoms with E-state index >= 15 is 0 Å². The van der Waals surface area contributed by atoms with Crippen LogP contribution in [0.25, 0.3) is 0 Å². The zero-order valence-corrected chi connectivity index (χ0v) is 16.0. The number of amides is 2. The van der Waals surface area contributed by atoms with Crippen molar-refractivity contribution in [3.8, 4) is 0 Å². The Morgan fingerprint density at radius 1 is 1.12 bits per heavy atom. The molecule has 0 aliphatic rings. The number of anilines is 2. The van der Waals surface area contributed by atoms with Gasteiger partial charge in [-0.2, -0.15) is 0 Å². The molecule has 0 spiro atoms. The van der Waals surface area contributed by atoms with E-state index in [-0.39, 0.29) is 11.8 Å². The molecule has 2 aromatic carbocycles. The zero-order valence-electron chi connectivity index (χ0n) is 15.3. The summed E-state index contributed by atoms with van der Waals surface area (Å²) in [7, 11) is 3.74. The third-order valence-electron chi connectivity index (χ3n) is 3.85. The predicted octanol–water partition coefficient (Wildman–Crippen LogP) is 3.81. The van der Waals surface area contributed by atoms with Crippen molar-refractivity contribution in [3.05, 3.63) is 59.7 Å². The standard InChI is InChI=1S/C20H24ClN3O2/c1-4-12-22-19(25)16-13-15(10-11-17(16)24(2)3)23-20(26)18(21)14-8-6-5-7-9-14/h5-11,13,18H,4,12H2,1-3H3,(H,22,25)(H,23,26). The molecule has 2 aromatic rings. The van der Waals surface area contributed by atoms with Crippen LogP contribution in [0.4, 0.5) is 11.4 Å². The first-order chi connectivity index (χ1) is 12.4. The van der Waals surface area contributed by atoms with E-state index in [1.165, 1.54) is 0 Å². The van der Waals surface area contributed by atoms with Crippen molar-refractivity contribution in [1.82, 2.24) is 5.32 Å². The Hall–Kier alpha value is -2.53. The van der Waals surface area contributed by atoms with Gasteiger partial charge >= 0.3 is 0 Å². The van der Waals surface area contributed by atoms with Crippen LogP contribution in [0.2, 0.25) is 0 Å². The molecule has 0 aliphatic carbocycles. The molecule has 138 valence electrons. The lowest BCUT2D eigenvalue weighted by atomic mass is 10.1. The number of carbonyl (C=O) groups excluding carboxylic acids is 2. The molecule has 1 atom stereocenters. The van der Waals surface area contributed by atoms with E-state index in [9.17, 15) is 9.59 Å². The lowest BCUT2D eigenvalue weighted by Gasteiger charge is -2.19. The fourth-order valence-electron chi connectivity index (χ4n) is 2.50. The summed E-state index contributed by atoms with van der Waals surface area (Å²) < 4.78 is 0. The van der Waals surface area contributed by atoms with Crippen LogP contribution in [0.3, 0.4) is 0 Å². The Balaban J connectivity index is 2.21. The highest BCUT2D eigenvalue weighted by Gasteiger charge is 2.19. The first kappa shape index (κ1) is 19.8. The Morgan fingerprint density at radius 2 is 1.81 bits per heavy atom. The molecule has 0 heterocycles. The number of carbonyl (C=O) groups is 2. The Morgan fingerprint density at radius 3 is 2.42 bits per heavy atom. The fraction of sp³-hybridized carbons (Fsp3) is 0.300. The van der Waals surface area contributed by atoms with Gasteiger partial charge in [-0.15, -0.1) is 11.6 Å². The number of halogens is 1. The van der Waals surface area contributed by atoms with Gasteiger partial charge < -0.3 is 15.5 Å². The highest BCUT2D eigenvalue weighted by Crippen LogP contribution is 2.26. The molecular formula is C20H24ClN3O2. The molecule has 0 radical (unpaired) electrons. The van der Waals surface area contributed by atoms with Gasteiger partial charge in [-0.1, -0.05) is 37.3 Å². The van der Waals surface area contributed by atoms with Gasteiger partial charge in [0, 0.05) is 32.0 Å². The van der Waals surface area contributed by atoms with Gasteiger partial charge in [0.15, 0.2) is 0 Å². The third kappa shape index (κ3) is 4.99. The summed E-state index contributed by atoms with van der Waals surface area (Å²) in [6.45, 7) is 2.59. The Labute approximate surface area is 159 Å². The molecule has 2 rings (SSSR count). The lowest BCUT2D eigenvalue weighted by molar-refractivity contribution is -0.116. The molecule has 0 aromatic heterocycles. The third-order valence-corrected chi connectivity index (χ3v) is 4.30. The van der Waals surface area contributed by atoms with Crippen LogP contribution in [-0.4, -0.2) is 32.5 Å². The second-order valence-corrected chi connectivity index (χ2v) is 6.58. The van der Waals surface area contributed by atoms with Crippen molar-refractivity contribution in [2.45, 2.75) is 18.7 Å². The lowest BCUT2D eigenvalue weighted by Crippen LogP contribution is -2.26. The summed E-state index contributed by atoms with van der Waals surface area (Å²) in [5.74, 6) is -0.507. The fourth-order valence-corrected chi connectivity index (χ4v) is 2.70. The average Bonchev–Trinajstić information content (AvgIpc) is 2.65. The maximum atomic E-state index is 12.4.